The molecule has 0 radical (unpaired) electrons. The van der Waals surface area contributed by atoms with E-state index < -0.39 is 23.7 Å². The van der Waals surface area contributed by atoms with Crippen molar-refractivity contribution >= 4 is 28.9 Å². The first-order valence-corrected chi connectivity index (χ1v) is 11.7. The van der Waals surface area contributed by atoms with Gasteiger partial charge in [0, 0.05) is 18.3 Å². The Hall–Kier alpha value is -2.73. The van der Waals surface area contributed by atoms with Crippen molar-refractivity contribution in [1.82, 2.24) is 0 Å². The third-order valence-corrected chi connectivity index (χ3v) is 8.32. The van der Waals surface area contributed by atoms with Gasteiger partial charge in [-0.05, 0) is 86.0 Å². The van der Waals surface area contributed by atoms with Crippen molar-refractivity contribution in [2.75, 3.05) is 16.3 Å². The Morgan fingerprint density at radius 2 is 1.50 bits per heavy atom. The van der Waals surface area contributed by atoms with E-state index in [1.54, 1.807) is 23.1 Å². The molecule has 32 heavy (non-hydrogen) atoms. The summed E-state index contributed by atoms with van der Waals surface area (Å²) in [6, 6.07) is 12.0. The average Bonchev–Trinajstić information content (AvgIpc) is 2.85. The van der Waals surface area contributed by atoms with Crippen molar-refractivity contribution in [1.29, 1.82) is 0 Å². The number of hydrogen-bond acceptors (Lipinski definition) is 3. The van der Waals surface area contributed by atoms with Gasteiger partial charge in [-0.2, -0.15) is 0 Å². The number of halogens is 1. The number of amides is 2. The van der Waals surface area contributed by atoms with Gasteiger partial charge in [0.05, 0.1) is 11.4 Å². The Balaban J connectivity index is 1.42. The first-order valence-electron chi connectivity index (χ1n) is 11.7. The molecule has 0 spiro atoms. The lowest BCUT2D eigenvalue weighted by atomic mass is 9.52. The van der Waals surface area contributed by atoms with E-state index >= 15 is 0 Å². The van der Waals surface area contributed by atoms with Gasteiger partial charge in [-0.1, -0.05) is 18.2 Å². The maximum Gasteiger partial charge on any atom is 0.258 e. The van der Waals surface area contributed by atoms with Crippen LogP contribution in [0.5, 0.6) is 0 Å². The Labute approximate surface area is 187 Å². The normalized spacial score (nSPS) is 33.4. The third kappa shape index (κ3) is 3.07. The van der Waals surface area contributed by atoms with Crippen molar-refractivity contribution in [2.45, 2.75) is 38.1 Å². The second-order valence-electron chi connectivity index (χ2n) is 10.2. The van der Waals surface area contributed by atoms with Crippen LogP contribution in [-0.2, 0) is 9.59 Å². The van der Waals surface area contributed by atoms with E-state index in [2.05, 4.69) is 0 Å². The number of hydrogen-bond donors (Lipinski definition) is 1. The summed E-state index contributed by atoms with van der Waals surface area (Å²) in [4.78, 5) is 29.9. The molecule has 6 heteroatoms. The van der Waals surface area contributed by atoms with Crippen LogP contribution < -0.4 is 15.5 Å². The molecule has 7 rings (SSSR count). The highest BCUT2D eigenvalue weighted by atomic mass is 19.1. The van der Waals surface area contributed by atoms with Crippen LogP contribution in [-0.4, -0.2) is 24.4 Å². The lowest BCUT2D eigenvalue weighted by Crippen LogP contribution is -2.54. The van der Waals surface area contributed by atoms with Crippen molar-refractivity contribution < 1.29 is 14.0 Å². The predicted octanol–water partition coefficient (Wildman–Crippen LogP) is 4.24. The molecule has 4 aliphatic carbocycles. The first kappa shape index (κ1) is 19.9. The number of para-hydroxylation sites is 1. The average molecular weight is 434 g/mol. The molecule has 166 valence electrons. The van der Waals surface area contributed by atoms with Gasteiger partial charge in [0.2, 0.25) is 0 Å². The molecule has 4 saturated carbocycles. The standard InChI is InChI=1S/C26H28FN3O2/c27-19-6-7-22-23(13-19)30(20-4-2-1-3-5-20)26(32)24(28)25(31)29(22)14-21-17-9-15-8-16(11-17)12-18(21)10-15/h1-7,13,15-18,21,24H,8-12,14,28H2. The minimum atomic E-state index is -1.32. The minimum absolute atomic E-state index is 0.381. The Kier molecular flexibility index (Phi) is 4.61. The SMILES string of the molecule is NC1C(=O)N(CC2C3CC4CC(C3)CC2C4)c2ccc(F)cc2N(c2ccccc2)C1=O. The highest BCUT2D eigenvalue weighted by molar-refractivity contribution is 6.22. The predicted molar refractivity (Wildman–Crippen MR) is 121 cm³/mol. The topological polar surface area (TPSA) is 66.6 Å². The molecular weight excluding hydrogens is 405 g/mol. The van der Waals surface area contributed by atoms with Crippen LogP contribution in [0.15, 0.2) is 48.5 Å². The number of nitrogens with two attached hydrogens (primary N) is 1. The molecule has 0 aromatic heterocycles. The molecule has 1 heterocycles. The fraction of sp³-hybridized carbons (Fsp3) is 0.462. The van der Waals surface area contributed by atoms with Gasteiger partial charge in [0.1, 0.15) is 5.82 Å². The molecule has 1 atom stereocenters. The van der Waals surface area contributed by atoms with Crippen LogP contribution >= 0.6 is 0 Å². The molecule has 2 aromatic rings. The lowest BCUT2D eigenvalue weighted by molar-refractivity contribution is -0.128. The van der Waals surface area contributed by atoms with Gasteiger partial charge in [-0.25, -0.2) is 4.39 Å². The third-order valence-electron chi connectivity index (χ3n) is 8.32. The summed E-state index contributed by atoms with van der Waals surface area (Å²) in [6.45, 7) is 0.551. The molecule has 5 nitrogen and oxygen atoms in total. The van der Waals surface area contributed by atoms with Crippen LogP contribution in [0.3, 0.4) is 0 Å². The van der Waals surface area contributed by atoms with Crippen molar-refractivity contribution in [3.05, 3.63) is 54.3 Å². The first-order chi connectivity index (χ1) is 15.5. The zero-order chi connectivity index (χ0) is 22.0. The largest absolute Gasteiger partial charge is 0.312 e. The van der Waals surface area contributed by atoms with Gasteiger partial charge < -0.3 is 10.6 Å². The molecule has 0 saturated heterocycles. The zero-order valence-corrected chi connectivity index (χ0v) is 18.0. The monoisotopic (exact) mass is 433 g/mol. The second-order valence-corrected chi connectivity index (χ2v) is 10.2. The summed E-state index contributed by atoms with van der Waals surface area (Å²) in [6.07, 6.45) is 6.36. The number of benzene rings is 2. The number of rotatable bonds is 3. The molecule has 1 unspecified atom stereocenters. The number of carbonyl (C=O) groups excluding carboxylic acids is 2. The highest BCUT2D eigenvalue weighted by Crippen LogP contribution is 2.57. The summed E-state index contributed by atoms with van der Waals surface area (Å²) >= 11 is 0. The van der Waals surface area contributed by atoms with Gasteiger partial charge in [0.25, 0.3) is 11.8 Å². The van der Waals surface area contributed by atoms with E-state index in [1.165, 1.54) is 49.1 Å². The van der Waals surface area contributed by atoms with E-state index in [-0.39, 0.29) is 0 Å². The Bertz CT molecular complexity index is 1040. The van der Waals surface area contributed by atoms with E-state index in [4.69, 9.17) is 5.73 Å². The molecule has 5 aliphatic rings. The Morgan fingerprint density at radius 1 is 0.844 bits per heavy atom. The summed E-state index contributed by atoms with van der Waals surface area (Å²) in [5.74, 6) is 1.98. The Morgan fingerprint density at radius 3 is 2.16 bits per heavy atom. The number of nitrogens with zero attached hydrogens (tertiary/aromatic N) is 2. The smallest absolute Gasteiger partial charge is 0.258 e. The number of anilines is 3. The van der Waals surface area contributed by atoms with Crippen molar-refractivity contribution in [3.8, 4) is 0 Å². The van der Waals surface area contributed by atoms with Gasteiger partial charge in [0.15, 0.2) is 6.04 Å². The number of carbonyl (C=O) groups is 2. The molecular formula is C26H28FN3O2. The molecule has 2 N–H and O–H groups in total. The van der Waals surface area contributed by atoms with Crippen molar-refractivity contribution in [2.24, 2.45) is 35.3 Å². The second kappa shape index (κ2) is 7.41. The van der Waals surface area contributed by atoms with Crippen LogP contribution in [0.25, 0.3) is 0 Å². The van der Waals surface area contributed by atoms with E-state index in [0.29, 0.717) is 41.4 Å². The number of fused-ring (bicyclic) bond motifs is 1. The van der Waals surface area contributed by atoms with E-state index in [9.17, 15) is 14.0 Å². The molecule has 4 bridgehead atoms. The fourth-order valence-corrected chi connectivity index (χ4v) is 7.13. The summed E-state index contributed by atoms with van der Waals surface area (Å²) in [7, 11) is 0. The van der Waals surface area contributed by atoms with Crippen LogP contribution in [0.4, 0.5) is 21.5 Å². The molecule has 4 fully saturated rings. The molecule has 2 amide bonds. The van der Waals surface area contributed by atoms with E-state index in [0.717, 1.165) is 11.8 Å². The van der Waals surface area contributed by atoms with E-state index in [1.807, 2.05) is 18.2 Å². The highest BCUT2D eigenvalue weighted by Gasteiger charge is 2.50. The van der Waals surface area contributed by atoms with Gasteiger partial charge in [-0.3, -0.25) is 14.5 Å². The van der Waals surface area contributed by atoms with Crippen LogP contribution in [0.1, 0.15) is 32.1 Å². The maximum atomic E-state index is 14.4. The lowest BCUT2D eigenvalue weighted by Gasteiger charge is -2.55. The molecule has 2 aromatic carbocycles. The van der Waals surface area contributed by atoms with Gasteiger partial charge in [-0.15, -0.1) is 0 Å². The van der Waals surface area contributed by atoms with Crippen LogP contribution in [0, 0.1) is 35.4 Å². The summed E-state index contributed by atoms with van der Waals surface area (Å²) < 4.78 is 14.4. The van der Waals surface area contributed by atoms with Gasteiger partial charge >= 0.3 is 0 Å². The summed E-state index contributed by atoms with van der Waals surface area (Å²) in [5.41, 5.74) is 7.75. The fourth-order valence-electron chi connectivity index (χ4n) is 7.13. The zero-order valence-electron chi connectivity index (χ0n) is 18.0. The maximum absolute atomic E-state index is 14.4. The quantitative estimate of drug-likeness (QED) is 0.737. The van der Waals surface area contributed by atoms with Crippen LogP contribution in [0.2, 0.25) is 0 Å². The summed E-state index contributed by atoms with van der Waals surface area (Å²) in [5, 5.41) is 0. The molecule has 1 aliphatic heterocycles. The van der Waals surface area contributed by atoms with Crippen molar-refractivity contribution in [3.63, 3.8) is 0 Å². The minimum Gasteiger partial charge on any atom is -0.312 e.